The van der Waals surface area contributed by atoms with Crippen LogP contribution in [-0.2, 0) is 0 Å². The lowest BCUT2D eigenvalue weighted by atomic mass is 10.2. The number of hydrogen-bond acceptors (Lipinski definition) is 9. The first-order chi connectivity index (χ1) is 15.5. The first kappa shape index (κ1) is 19.9. The van der Waals surface area contributed by atoms with Crippen LogP contribution < -0.4 is 4.90 Å². The summed E-state index contributed by atoms with van der Waals surface area (Å²) < 4.78 is 6.64. The Labute approximate surface area is 185 Å². The van der Waals surface area contributed by atoms with E-state index in [-0.39, 0.29) is 11.7 Å². The standard InChI is InChI=1S/C19H15ClN8O4/c20-12-1-3-13(4-2-12)27-18-16(23-24-27)17(21-11-22-18)25-7-9-26(10-8-25)19(29)14-5-6-15(32-14)28(30)31/h1-6,11H,7-10H2. The van der Waals surface area contributed by atoms with Crippen molar-refractivity contribution in [3.8, 4) is 5.69 Å². The molecule has 1 aliphatic heterocycles. The van der Waals surface area contributed by atoms with Gasteiger partial charge in [-0.05, 0) is 30.3 Å². The molecular formula is C19H15ClN8O4. The first-order valence-electron chi connectivity index (χ1n) is 9.62. The summed E-state index contributed by atoms with van der Waals surface area (Å²) in [5.41, 5.74) is 1.87. The molecule has 32 heavy (non-hydrogen) atoms. The Kier molecular flexibility index (Phi) is 4.90. The van der Waals surface area contributed by atoms with E-state index in [9.17, 15) is 14.9 Å². The third-order valence-electron chi connectivity index (χ3n) is 5.14. The molecule has 0 unspecified atom stereocenters. The Balaban J connectivity index is 1.34. The van der Waals surface area contributed by atoms with Gasteiger partial charge in [-0.15, -0.1) is 5.10 Å². The average Bonchev–Trinajstić information content (AvgIpc) is 3.47. The summed E-state index contributed by atoms with van der Waals surface area (Å²) in [6.07, 6.45) is 1.45. The zero-order chi connectivity index (χ0) is 22.2. The highest BCUT2D eigenvalue weighted by molar-refractivity contribution is 6.30. The molecule has 3 aromatic heterocycles. The molecule has 1 amide bonds. The number of aromatic nitrogens is 5. The van der Waals surface area contributed by atoms with E-state index in [4.69, 9.17) is 16.0 Å². The van der Waals surface area contributed by atoms with Crippen LogP contribution in [0.5, 0.6) is 0 Å². The van der Waals surface area contributed by atoms with Crippen LogP contribution in [0.15, 0.2) is 47.1 Å². The molecule has 0 radical (unpaired) electrons. The van der Waals surface area contributed by atoms with E-state index in [1.165, 1.54) is 18.5 Å². The van der Waals surface area contributed by atoms with Crippen molar-refractivity contribution in [1.29, 1.82) is 0 Å². The number of benzene rings is 1. The van der Waals surface area contributed by atoms with E-state index in [0.717, 1.165) is 5.69 Å². The minimum absolute atomic E-state index is 0.0551. The predicted octanol–water partition coefficient (Wildman–Crippen LogP) is 2.33. The highest BCUT2D eigenvalue weighted by atomic mass is 35.5. The molecule has 0 saturated carbocycles. The van der Waals surface area contributed by atoms with Gasteiger partial charge >= 0.3 is 5.88 Å². The van der Waals surface area contributed by atoms with Gasteiger partial charge in [-0.3, -0.25) is 14.9 Å². The van der Waals surface area contributed by atoms with E-state index < -0.39 is 10.8 Å². The molecule has 162 valence electrons. The maximum Gasteiger partial charge on any atom is 0.433 e. The maximum atomic E-state index is 12.6. The lowest BCUT2D eigenvalue weighted by Gasteiger charge is -2.34. The third-order valence-corrected chi connectivity index (χ3v) is 5.39. The number of piperazine rings is 1. The Morgan fingerprint density at radius 2 is 1.81 bits per heavy atom. The second kappa shape index (κ2) is 7.89. The van der Waals surface area contributed by atoms with Crippen molar-refractivity contribution in [1.82, 2.24) is 29.9 Å². The van der Waals surface area contributed by atoms with E-state index in [1.54, 1.807) is 21.7 Å². The number of nitro groups is 1. The van der Waals surface area contributed by atoms with E-state index in [1.807, 2.05) is 17.0 Å². The average molecular weight is 455 g/mol. The van der Waals surface area contributed by atoms with Gasteiger partial charge in [-0.2, -0.15) is 4.68 Å². The van der Waals surface area contributed by atoms with E-state index in [0.29, 0.717) is 48.2 Å². The molecule has 5 rings (SSSR count). The Morgan fingerprint density at radius 3 is 2.50 bits per heavy atom. The molecule has 12 nitrogen and oxygen atoms in total. The van der Waals surface area contributed by atoms with Crippen molar-refractivity contribution >= 4 is 40.4 Å². The van der Waals surface area contributed by atoms with Crippen LogP contribution in [0.25, 0.3) is 16.9 Å². The van der Waals surface area contributed by atoms with Crippen molar-refractivity contribution in [2.24, 2.45) is 0 Å². The fourth-order valence-corrected chi connectivity index (χ4v) is 3.67. The molecule has 0 spiro atoms. The van der Waals surface area contributed by atoms with Crippen molar-refractivity contribution in [2.45, 2.75) is 0 Å². The quantitative estimate of drug-likeness (QED) is 0.336. The van der Waals surface area contributed by atoms with Gasteiger partial charge in [0.1, 0.15) is 11.3 Å². The molecule has 1 aliphatic rings. The molecule has 0 atom stereocenters. The minimum atomic E-state index is -0.674. The van der Waals surface area contributed by atoms with Crippen LogP contribution in [0.1, 0.15) is 10.6 Å². The predicted molar refractivity (Wildman–Crippen MR) is 113 cm³/mol. The van der Waals surface area contributed by atoms with Crippen molar-refractivity contribution in [2.75, 3.05) is 31.1 Å². The summed E-state index contributed by atoms with van der Waals surface area (Å²) in [5, 5.41) is 19.9. The molecule has 0 bridgehead atoms. The van der Waals surface area contributed by atoms with E-state index >= 15 is 0 Å². The normalized spacial score (nSPS) is 14.2. The van der Waals surface area contributed by atoms with Crippen molar-refractivity contribution < 1.29 is 14.1 Å². The second-order valence-electron chi connectivity index (χ2n) is 7.02. The Morgan fingerprint density at radius 1 is 1.06 bits per heavy atom. The second-order valence-corrected chi connectivity index (χ2v) is 7.46. The molecule has 0 aliphatic carbocycles. The SMILES string of the molecule is O=C(c1ccc([N+](=O)[O-])o1)N1CCN(c2ncnc3c2nnn3-c2ccc(Cl)cc2)CC1. The topological polar surface area (TPSA) is 136 Å². The Hall–Kier alpha value is -4.06. The third kappa shape index (κ3) is 3.50. The lowest BCUT2D eigenvalue weighted by molar-refractivity contribution is -0.402. The summed E-state index contributed by atoms with van der Waals surface area (Å²) in [4.78, 5) is 35.0. The zero-order valence-corrected chi connectivity index (χ0v) is 17.2. The van der Waals surface area contributed by atoms with Crippen LogP contribution in [0.3, 0.4) is 0 Å². The van der Waals surface area contributed by atoms with Crippen LogP contribution in [0, 0.1) is 10.1 Å². The summed E-state index contributed by atoms with van der Waals surface area (Å²) in [6.45, 7) is 1.78. The number of anilines is 1. The van der Waals surface area contributed by atoms with Gasteiger partial charge < -0.3 is 14.2 Å². The molecule has 4 heterocycles. The van der Waals surface area contributed by atoms with Crippen LogP contribution >= 0.6 is 11.6 Å². The monoisotopic (exact) mass is 454 g/mol. The molecule has 13 heteroatoms. The fraction of sp³-hybridized carbons (Fsp3) is 0.211. The fourth-order valence-electron chi connectivity index (χ4n) is 3.54. The molecule has 4 aromatic rings. The number of nitrogens with zero attached hydrogens (tertiary/aromatic N) is 8. The first-order valence-corrected chi connectivity index (χ1v) is 10.00. The van der Waals surface area contributed by atoms with Gasteiger partial charge in [0.05, 0.1) is 11.8 Å². The number of halogens is 1. The smallest absolute Gasteiger partial charge is 0.395 e. The van der Waals surface area contributed by atoms with E-state index in [2.05, 4.69) is 20.3 Å². The number of fused-ring (bicyclic) bond motifs is 1. The van der Waals surface area contributed by atoms with Gasteiger partial charge in [-0.25, -0.2) is 9.97 Å². The number of carbonyl (C=O) groups is 1. The summed E-state index contributed by atoms with van der Waals surface area (Å²) in [7, 11) is 0. The number of amides is 1. The van der Waals surface area contributed by atoms with Gasteiger partial charge in [-0.1, -0.05) is 16.8 Å². The van der Waals surface area contributed by atoms with Gasteiger partial charge in [0.15, 0.2) is 22.7 Å². The number of carbonyl (C=O) groups excluding carboxylic acids is 1. The molecule has 0 N–H and O–H groups in total. The highest BCUT2D eigenvalue weighted by Gasteiger charge is 2.28. The molecule has 1 aromatic carbocycles. The summed E-state index contributed by atoms with van der Waals surface area (Å²) in [6, 6.07) is 9.65. The van der Waals surface area contributed by atoms with Crippen LogP contribution in [0.2, 0.25) is 5.02 Å². The van der Waals surface area contributed by atoms with Gasteiger partial charge in [0.25, 0.3) is 5.91 Å². The number of hydrogen-bond donors (Lipinski definition) is 0. The van der Waals surface area contributed by atoms with Gasteiger partial charge in [0.2, 0.25) is 0 Å². The van der Waals surface area contributed by atoms with Crippen molar-refractivity contribution in [3.63, 3.8) is 0 Å². The molecule has 1 fully saturated rings. The van der Waals surface area contributed by atoms with Gasteiger partial charge in [0, 0.05) is 31.2 Å². The number of rotatable bonds is 4. The van der Waals surface area contributed by atoms with Crippen LogP contribution in [0.4, 0.5) is 11.7 Å². The minimum Gasteiger partial charge on any atom is -0.395 e. The lowest BCUT2D eigenvalue weighted by Crippen LogP contribution is -2.49. The van der Waals surface area contributed by atoms with Crippen molar-refractivity contribution in [3.05, 3.63) is 63.6 Å². The Bertz CT molecular complexity index is 1310. The molecule has 1 saturated heterocycles. The molecular weight excluding hydrogens is 440 g/mol. The van der Waals surface area contributed by atoms with Crippen LogP contribution in [-0.4, -0.2) is 66.9 Å². The highest BCUT2D eigenvalue weighted by Crippen LogP contribution is 2.25. The maximum absolute atomic E-state index is 12.6. The number of furan rings is 1. The zero-order valence-electron chi connectivity index (χ0n) is 16.5. The summed E-state index contributed by atoms with van der Waals surface area (Å²) >= 11 is 5.96. The summed E-state index contributed by atoms with van der Waals surface area (Å²) in [5.74, 6) is -0.283. The largest absolute Gasteiger partial charge is 0.433 e.